The van der Waals surface area contributed by atoms with Gasteiger partial charge in [-0.2, -0.15) is 0 Å². The van der Waals surface area contributed by atoms with Gasteiger partial charge in [-0.1, -0.05) is 13.8 Å². The Morgan fingerprint density at radius 3 is 3.00 bits per heavy atom. The second kappa shape index (κ2) is 3.07. The van der Waals surface area contributed by atoms with E-state index >= 15 is 0 Å². The molecule has 0 saturated carbocycles. The first-order chi connectivity index (χ1) is 6.11. The van der Waals surface area contributed by atoms with Gasteiger partial charge >= 0.3 is 0 Å². The molecule has 2 rings (SSSR count). The highest BCUT2D eigenvalue weighted by Gasteiger charge is 2.27. The number of fused-ring (bicyclic) bond motifs is 1. The third-order valence-electron chi connectivity index (χ3n) is 2.63. The van der Waals surface area contributed by atoms with Gasteiger partial charge in [-0.25, -0.2) is 4.98 Å². The highest BCUT2D eigenvalue weighted by atomic mass is 32.1. The molecular formula is C10H15NOS. The Kier molecular flexibility index (Phi) is 2.16. The fourth-order valence-electron chi connectivity index (χ4n) is 1.83. The van der Waals surface area contributed by atoms with Crippen LogP contribution < -0.4 is 0 Å². The number of aliphatic hydroxyl groups is 1. The van der Waals surface area contributed by atoms with Gasteiger partial charge < -0.3 is 5.11 Å². The third-order valence-corrected chi connectivity index (χ3v) is 3.77. The van der Waals surface area contributed by atoms with Crippen LogP contribution in [0.3, 0.4) is 0 Å². The topological polar surface area (TPSA) is 33.1 Å². The van der Waals surface area contributed by atoms with E-state index in [1.54, 1.807) is 11.3 Å². The zero-order valence-corrected chi connectivity index (χ0v) is 8.95. The first-order valence-corrected chi connectivity index (χ1v) is 5.51. The lowest BCUT2D eigenvalue weighted by Gasteiger charge is -2.28. The van der Waals surface area contributed by atoms with Crippen molar-refractivity contribution in [2.45, 2.75) is 39.7 Å². The molecule has 3 heteroatoms. The second-order valence-corrected chi connectivity index (χ2v) is 5.64. The van der Waals surface area contributed by atoms with Gasteiger partial charge in [0.1, 0.15) is 5.01 Å². The molecule has 0 aromatic carbocycles. The van der Waals surface area contributed by atoms with E-state index in [1.165, 1.54) is 17.0 Å². The Labute approximate surface area is 82.6 Å². The Hall–Kier alpha value is -0.410. The Bertz CT molecular complexity index is 317. The predicted octanol–water partition coefficient (Wildman–Crippen LogP) is 2.15. The summed E-state index contributed by atoms with van der Waals surface area (Å²) in [4.78, 5) is 5.83. The molecule has 2 nitrogen and oxygen atoms in total. The first-order valence-electron chi connectivity index (χ1n) is 4.69. The summed E-state index contributed by atoms with van der Waals surface area (Å²) < 4.78 is 0. The minimum atomic E-state index is 0.0953. The molecule has 1 aliphatic carbocycles. The molecule has 0 aliphatic heterocycles. The highest BCUT2D eigenvalue weighted by molar-refractivity contribution is 7.11. The maximum atomic E-state index is 8.96. The van der Waals surface area contributed by atoms with Crippen molar-refractivity contribution >= 4 is 11.3 Å². The normalized spacial score (nSPS) is 19.9. The van der Waals surface area contributed by atoms with Gasteiger partial charge in [0, 0.05) is 4.88 Å². The fourth-order valence-corrected chi connectivity index (χ4v) is 2.78. The Morgan fingerprint density at radius 2 is 2.31 bits per heavy atom. The smallest absolute Gasteiger partial charge is 0.119 e. The minimum Gasteiger partial charge on any atom is -0.389 e. The maximum absolute atomic E-state index is 8.96. The molecule has 72 valence electrons. The molecule has 0 unspecified atom stereocenters. The molecule has 0 spiro atoms. The Balaban J connectivity index is 2.30. The van der Waals surface area contributed by atoms with Gasteiger partial charge in [0.05, 0.1) is 12.3 Å². The van der Waals surface area contributed by atoms with Crippen LogP contribution in [0.2, 0.25) is 0 Å². The summed E-state index contributed by atoms with van der Waals surface area (Å²) in [5.74, 6) is 0. The summed E-state index contributed by atoms with van der Waals surface area (Å²) in [5.41, 5.74) is 1.62. The van der Waals surface area contributed by atoms with Crippen LogP contribution >= 0.6 is 11.3 Å². The van der Waals surface area contributed by atoms with Gasteiger partial charge in [0.15, 0.2) is 0 Å². The van der Waals surface area contributed by atoms with Crippen molar-refractivity contribution < 1.29 is 5.11 Å². The average Bonchev–Trinajstić information content (AvgIpc) is 2.44. The fraction of sp³-hybridized carbons (Fsp3) is 0.700. The maximum Gasteiger partial charge on any atom is 0.119 e. The monoisotopic (exact) mass is 197 g/mol. The van der Waals surface area contributed by atoms with Gasteiger partial charge in [-0.3, -0.25) is 0 Å². The van der Waals surface area contributed by atoms with Gasteiger partial charge in [-0.05, 0) is 24.7 Å². The van der Waals surface area contributed by atoms with Crippen LogP contribution in [0.15, 0.2) is 0 Å². The van der Waals surface area contributed by atoms with Gasteiger partial charge in [-0.15, -0.1) is 11.3 Å². The standard InChI is InChI=1S/C10H15NOS/c1-10(2)4-3-8-7(5-10)11-9(6-12)13-8/h12H,3-6H2,1-2H3. The molecule has 0 fully saturated rings. The van der Waals surface area contributed by atoms with E-state index in [-0.39, 0.29) is 6.61 Å². The summed E-state index contributed by atoms with van der Waals surface area (Å²) in [6, 6.07) is 0. The van der Waals surface area contributed by atoms with E-state index in [9.17, 15) is 0 Å². The average molecular weight is 197 g/mol. The molecule has 1 aromatic heterocycles. The number of aryl methyl sites for hydroxylation is 1. The van der Waals surface area contributed by atoms with Crippen LogP contribution in [-0.2, 0) is 19.4 Å². The summed E-state index contributed by atoms with van der Waals surface area (Å²) in [6.07, 6.45) is 3.45. The molecule has 1 N–H and O–H groups in total. The molecule has 1 heterocycles. The number of hydrogen-bond donors (Lipinski definition) is 1. The van der Waals surface area contributed by atoms with Crippen molar-refractivity contribution in [3.05, 3.63) is 15.6 Å². The summed E-state index contributed by atoms with van der Waals surface area (Å²) in [5, 5.41) is 9.84. The van der Waals surface area contributed by atoms with E-state index in [4.69, 9.17) is 5.11 Å². The number of thiazole rings is 1. The van der Waals surface area contributed by atoms with Crippen molar-refractivity contribution in [3.63, 3.8) is 0 Å². The van der Waals surface area contributed by atoms with Gasteiger partial charge in [0.2, 0.25) is 0 Å². The molecule has 1 aliphatic rings. The molecular weight excluding hydrogens is 182 g/mol. The number of aliphatic hydroxyl groups excluding tert-OH is 1. The van der Waals surface area contributed by atoms with Crippen LogP contribution in [0.4, 0.5) is 0 Å². The molecule has 0 saturated heterocycles. The molecule has 0 amide bonds. The second-order valence-electron chi connectivity index (χ2n) is 4.48. The minimum absolute atomic E-state index is 0.0953. The summed E-state index contributed by atoms with van der Waals surface area (Å²) >= 11 is 1.67. The van der Waals surface area contributed by atoms with Crippen LogP contribution in [0, 0.1) is 5.41 Å². The largest absolute Gasteiger partial charge is 0.389 e. The predicted molar refractivity (Wildman–Crippen MR) is 53.8 cm³/mol. The van der Waals surface area contributed by atoms with E-state index in [0.29, 0.717) is 5.41 Å². The molecule has 0 bridgehead atoms. The Morgan fingerprint density at radius 1 is 1.54 bits per heavy atom. The van der Waals surface area contributed by atoms with Crippen molar-refractivity contribution in [3.8, 4) is 0 Å². The van der Waals surface area contributed by atoms with Crippen LogP contribution in [0.1, 0.15) is 35.8 Å². The lowest BCUT2D eigenvalue weighted by atomic mass is 9.79. The lowest BCUT2D eigenvalue weighted by Crippen LogP contribution is -2.21. The molecule has 1 aromatic rings. The number of nitrogens with zero attached hydrogens (tertiary/aromatic N) is 1. The summed E-state index contributed by atoms with van der Waals surface area (Å²) in [6.45, 7) is 4.67. The number of aromatic nitrogens is 1. The van der Waals surface area contributed by atoms with E-state index in [1.807, 2.05) is 0 Å². The lowest BCUT2D eigenvalue weighted by molar-refractivity contribution is 0.279. The van der Waals surface area contributed by atoms with E-state index in [2.05, 4.69) is 18.8 Å². The first kappa shape index (κ1) is 9.16. The zero-order valence-electron chi connectivity index (χ0n) is 8.13. The van der Waals surface area contributed by atoms with Crippen molar-refractivity contribution in [2.75, 3.05) is 0 Å². The van der Waals surface area contributed by atoms with Gasteiger partial charge in [0.25, 0.3) is 0 Å². The quantitative estimate of drug-likeness (QED) is 0.748. The molecule has 0 atom stereocenters. The van der Waals surface area contributed by atoms with Crippen molar-refractivity contribution in [2.24, 2.45) is 5.41 Å². The van der Waals surface area contributed by atoms with Crippen LogP contribution in [0.25, 0.3) is 0 Å². The van der Waals surface area contributed by atoms with E-state index in [0.717, 1.165) is 17.8 Å². The zero-order chi connectivity index (χ0) is 9.47. The van der Waals surface area contributed by atoms with Crippen molar-refractivity contribution in [1.29, 1.82) is 0 Å². The molecule has 13 heavy (non-hydrogen) atoms. The SMILES string of the molecule is CC1(C)CCc2sc(CO)nc2C1. The number of hydrogen-bond acceptors (Lipinski definition) is 3. The molecule has 0 radical (unpaired) electrons. The number of rotatable bonds is 1. The summed E-state index contributed by atoms with van der Waals surface area (Å²) in [7, 11) is 0. The van der Waals surface area contributed by atoms with Crippen LogP contribution in [-0.4, -0.2) is 10.1 Å². The van der Waals surface area contributed by atoms with Crippen molar-refractivity contribution in [1.82, 2.24) is 4.98 Å². The van der Waals surface area contributed by atoms with Crippen LogP contribution in [0.5, 0.6) is 0 Å². The van der Waals surface area contributed by atoms with E-state index < -0.39 is 0 Å². The highest BCUT2D eigenvalue weighted by Crippen LogP contribution is 2.36. The third kappa shape index (κ3) is 1.76.